The number of aliphatic hydroxyl groups is 1. The van der Waals surface area contributed by atoms with E-state index in [2.05, 4.69) is 10.0 Å². The average molecular weight is 231 g/mol. The maximum Gasteiger partial charge on any atom is 0.114 e. The highest BCUT2D eigenvalue weighted by molar-refractivity contribution is 7.99. The van der Waals surface area contributed by atoms with Gasteiger partial charge in [0.05, 0.1) is 18.2 Å². The lowest BCUT2D eigenvalue weighted by Crippen LogP contribution is -2.51. The van der Waals surface area contributed by atoms with Crippen molar-refractivity contribution in [2.45, 2.75) is 44.0 Å². The molecule has 0 aromatic rings. The van der Waals surface area contributed by atoms with Gasteiger partial charge < -0.3 is 9.84 Å². The lowest BCUT2D eigenvalue weighted by Gasteiger charge is -2.41. The van der Waals surface area contributed by atoms with Gasteiger partial charge in [-0.05, 0) is 18.2 Å². The summed E-state index contributed by atoms with van der Waals surface area (Å²) in [6.07, 6.45) is 2.18. The first-order valence-electron chi connectivity index (χ1n) is 5.06. The minimum atomic E-state index is -0.614. The van der Waals surface area contributed by atoms with Crippen molar-refractivity contribution in [2.75, 3.05) is 6.26 Å². The summed E-state index contributed by atoms with van der Waals surface area (Å²) in [5.41, 5.74) is 8.20. The van der Waals surface area contributed by atoms with E-state index in [4.69, 9.17) is 10.3 Å². The van der Waals surface area contributed by atoms with Crippen molar-refractivity contribution < 1.29 is 9.84 Å². The third kappa shape index (κ3) is 2.58. The van der Waals surface area contributed by atoms with Crippen LogP contribution in [0.1, 0.15) is 20.3 Å². The predicted octanol–water partition coefficient (Wildman–Crippen LogP) is 2.16. The Balaban J connectivity index is 2.83. The van der Waals surface area contributed by atoms with Crippen molar-refractivity contribution in [3.8, 4) is 0 Å². The monoisotopic (exact) mass is 231 g/mol. The quantitative estimate of drug-likeness (QED) is 0.459. The van der Waals surface area contributed by atoms with Gasteiger partial charge in [0.2, 0.25) is 0 Å². The van der Waals surface area contributed by atoms with Crippen molar-refractivity contribution in [3.63, 3.8) is 0 Å². The van der Waals surface area contributed by atoms with Crippen molar-refractivity contribution >= 4 is 11.8 Å². The van der Waals surface area contributed by atoms with Crippen LogP contribution < -0.4 is 0 Å². The molecule has 0 aliphatic carbocycles. The van der Waals surface area contributed by atoms with Gasteiger partial charge in [0.25, 0.3) is 0 Å². The van der Waals surface area contributed by atoms with E-state index in [0.29, 0.717) is 0 Å². The fraction of sp³-hybridized carbons (Fsp3) is 1.00. The summed E-state index contributed by atoms with van der Waals surface area (Å²) in [6.45, 7) is 3.95. The Hall–Kier alpha value is -0.420. The molecule has 0 spiro atoms. The van der Waals surface area contributed by atoms with Crippen LogP contribution in [0.4, 0.5) is 0 Å². The van der Waals surface area contributed by atoms with E-state index in [1.807, 2.05) is 20.1 Å². The second-order valence-electron chi connectivity index (χ2n) is 3.73. The van der Waals surface area contributed by atoms with E-state index in [0.717, 1.165) is 6.42 Å². The Morgan fingerprint density at radius 1 is 1.60 bits per heavy atom. The van der Waals surface area contributed by atoms with Crippen molar-refractivity contribution in [1.29, 1.82) is 0 Å². The maximum absolute atomic E-state index is 10.0. The van der Waals surface area contributed by atoms with Gasteiger partial charge in [0.1, 0.15) is 5.44 Å². The third-order valence-electron chi connectivity index (χ3n) is 2.88. The molecule has 2 unspecified atom stereocenters. The van der Waals surface area contributed by atoms with Crippen LogP contribution in [0.15, 0.2) is 5.11 Å². The van der Waals surface area contributed by atoms with Gasteiger partial charge in [-0.3, -0.25) is 0 Å². The molecule has 6 heteroatoms. The Morgan fingerprint density at radius 3 is 2.73 bits per heavy atom. The Labute approximate surface area is 93.8 Å². The van der Waals surface area contributed by atoms with E-state index in [-0.39, 0.29) is 17.5 Å². The van der Waals surface area contributed by atoms with Crippen LogP contribution in [0, 0.1) is 5.92 Å². The molecule has 1 saturated heterocycles. The van der Waals surface area contributed by atoms with Gasteiger partial charge in [-0.25, -0.2) is 0 Å². The summed E-state index contributed by atoms with van der Waals surface area (Å²) in [7, 11) is 0. The second-order valence-corrected chi connectivity index (χ2v) is 4.67. The molecule has 1 heterocycles. The highest BCUT2D eigenvalue weighted by Crippen LogP contribution is 2.33. The number of aliphatic hydroxyl groups excluding tert-OH is 1. The molecule has 0 aromatic carbocycles. The van der Waals surface area contributed by atoms with E-state index in [9.17, 15) is 5.11 Å². The van der Waals surface area contributed by atoms with Gasteiger partial charge >= 0.3 is 0 Å². The summed E-state index contributed by atoms with van der Waals surface area (Å²) in [5, 5.41) is 13.6. The molecule has 1 rings (SSSR count). The molecule has 0 radical (unpaired) electrons. The largest absolute Gasteiger partial charge is 0.392 e. The zero-order valence-corrected chi connectivity index (χ0v) is 10.0. The topological polar surface area (TPSA) is 78.2 Å². The summed E-state index contributed by atoms with van der Waals surface area (Å²) in [5.74, 6) is 0.00824. The van der Waals surface area contributed by atoms with Crippen LogP contribution in [0.3, 0.4) is 0 Å². The molecular formula is C9H17N3O2S. The average Bonchev–Trinajstić information content (AvgIpc) is 2.25. The summed E-state index contributed by atoms with van der Waals surface area (Å²) in [4.78, 5) is 2.76. The predicted molar refractivity (Wildman–Crippen MR) is 60.6 cm³/mol. The number of ether oxygens (including phenoxy) is 1. The molecule has 5 nitrogen and oxygen atoms in total. The Bertz CT molecular complexity index is 256. The molecule has 1 fully saturated rings. The molecular weight excluding hydrogens is 214 g/mol. The van der Waals surface area contributed by atoms with Crippen molar-refractivity contribution in [1.82, 2.24) is 0 Å². The van der Waals surface area contributed by atoms with Gasteiger partial charge in [-0.2, -0.15) is 0 Å². The lowest BCUT2D eigenvalue weighted by molar-refractivity contribution is -0.111. The third-order valence-corrected chi connectivity index (χ3v) is 3.74. The fourth-order valence-electron chi connectivity index (χ4n) is 1.91. The van der Waals surface area contributed by atoms with Crippen LogP contribution in [-0.4, -0.2) is 35.0 Å². The van der Waals surface area contributed by atoms with Crippen LogP contribution in [-0.2, 0) is 4.74 Å². The molecule has 0 amide bonds. The first-order chi connectivity index (χ1) is 7.15. The van der Waals surface area contributed by atoms with Crippen LogP contribution in [0.25, 0.3) is 10.4 Å². The van der Waals surface area contributed by atoms with Gasteiger partial charge in [-0.15, -0.1) is 11.8 Å². The number of hydrogen-bond donors (Lipinski definition) is 1. The standard InChI is InChI=1S/C9H17N3O2S/c1-4-6-5(2)8(13)7(11-12-10)9(14-6)15-3/h5-9,13H,4H2,1-3H3/t5-,6?,7?,8+,9+/m1/s1. The number of azide groups is 1. The van der Waals surface area contributed by atoms with Gasteiger partial charge in [0.15, 0.2) is 0 Å². The number of nitrogens with zero attached hydrogens (tertiary/aromatic N) is 3. The van der Waals surface area contributed by atoms with Crippen LogP contribution >= 0.6 is 11.8 Å². The molecule has 1 aliphatic rings. The maximum atomic E-state index is 10.0. The molecule has 0 saturated carbocycles. The summed E-state index contributed by atoms with van der Waals surface area (Å²) < 4.78 is 5.77. The van der Waals surface area contributed by atoms with E-state index in [1.54, 1.807) is 0 Å². The molecule has 86 valence electrons. The first kappa shape index (κ1) is 12.6. The highest BCUT2D eigenvalue weighted by atomic mass is 32.2. The van der Waals surface area contributed by atoms with Crippen LogP contribution in [0.5, 0.6) is 0 Å². The zero-order valence-electron chi connectivity index (χ0n) is 9.20. The van der Waals surface area contributed by atoms with Crippen molar-refractivity contribution in [3.05, 3.63) is 10.4 Å². The minimum Gasteiger partial charge on any atom is -0.392 e. The lowest BCUT2D eigenvalue weighted by atomic mass is 9.89. The van der Waals surface area contributed by atoms with E-state index in [1.165, 1.54) is 11.8 Å². The molecule has 0 aromatic heterocycles. The zero-order chi connectivity index (χ0) is 11.4. The molecule has 5 atom stereocenters. The molecule has 0 bridgehead atoms. The summed E-state index contributed by atoms with van der Waals surface area (Å²) >= 11 is 1.47. The van der Waals surface area contributed by atoms with E-state index >= 15 is 0 Å². The van der Waals surface area contributed by atoms with E-state index < -0.39 is 12.1 Å². The normalized spacial score (nSPS) is 40.9. The Kier molecular flexibility index (Phi) is 4.73. The Morgan fingerprint density at radius 2 is 2.27 bits per heavy atom. The van der Waals surface area contributed by atoms with Crippen LogP contribution in [0.2, 0.25) is 0 Å². The molecule has 1 aliphatic heterocycles. The SMILES string of the molecule is CCC1O[C@@H](SC)C(N=[N+]=[N-])[C@@H](O)[C@@H]1C. The first-order valence-corrected chi connectivity index (χ1v) is 6.35. The minimum absolute atomic E-state index is 0.00824. The highest BCUT2D eigenvalue weighted by Gasteiger charge is 2.41. The fourth-order valence-corrected chi connectivity index (χ4v) is 2.66. The molecule has 1 N–H and O–H groups in total. The van der Waals surface area contributed by atoms with Crippen molar-refractivity contribution in [2.24, 2.45) is 11.0 Å². The number of rotatable bonds is 3. The van der Waals surface area contributed by atoms with Gasteiger partial charge in [0, 0.05) is 10.8 Å². The number of hydrogen-bond acceptors (Lipinski definition) is 4. The second kappa shape index (κ2) is 5.61. The molecule has 15 heavy (non-hydrogen) atoms. The summed E-state index contributed by atoms with van der Waals surface area (Å²) in [6, 6.07) is -0.484. The smallest absolute Gasteiger partial charge is 0.114 e. The number of thioether (sulfide) groups is 1. The van der Waals surface area contributed by atoms with Gasteiger partial charge in [-0.1, -0.05) is 19.0 Å².